The zero-order chi connectivity index (χ0) is 16.0. The Balaban J connectivity index is 1.65. The van der Waals surface area contributed by atoms with Crippen molar-refractivity contribution in [1.82, 2.24) is 20.4 Å². The van der Waals surface area contributed by atoms with Crippen LogP contribution in [0.3, 0.4) is 0 Å². The van der Waals surface area contributed by atoms with E-state index < -0.39 is 0 Å². The first-order valence-electron chi connectivity index (χ1n) is 7.58. The topological polar surface area (TPSA) is 80.9 Å². The highest BCUT2D eigenvalue weighted by Crippen LogP contribution is 2.40. The van der Waals surface area contributed by atoms with Crippen LogP contribution in [0.25, 0.3) is 11.1 Å². The van der Waals surface area contributed by atoms with Crippen molar-refractivity contribution in [3.63, 3.8) is 0 Å². The number of carbonyl (C=O) groups excluding carboxylic acids is 1. The van der Waals surface area contributed by atoms with E-state index in [0.717, 1.165) is 28.4 Å². The molecule has 0 atom stereocenters. The smallest absolute Gasteiger partial charge is 0.259 e. The van der Waals surface area contributed by atoms with Crippen LogP contribution < -0.4 is 5.32 Å². The minimum absolute atomic E-state index is 0.128. The number of rotatable bonds is 4. The number of amides is 1. The lowest BCUT2D eigenvalue weighted by Crippen LogP contribution is -2.23. The summed E-state index contributed by atoms with van der Waals surface area (Å²) >= 11 is 1.58. The minimum atomic E-state index is -0.128. The predicted octanol–water partition coefficient (Wildman–Crippen LogP) is 3.10. The Morgan fingerprint density at radius 2 is 2.26 bits per heavy atom. The van der Waals surface area contributed by atoms with Crippen LogP contribution in [0.15, 0.2) is 16.8 Å². The molecule has 0 unspecified atom stereocenters. The second-order valence-corrected chi connectivity index (χ2v) is 7.16. The Morgan fingerprint density at radius 1 is 1.43 bits per heavy atom. The lowest BCUT2D eigenvalue weighted by molar-refractivity contribution is 0.0952. The van der Waals surface area contributed by atoms with Gasteiger partial charge in [-0.1, -0.05) is 5.16 Å². The quantitative estimate of drug-likeness (QED) is 0.796. The fraction of sp³-hybridized carbons (Fsp3) is 0.375. The normalized spacial score (nSPS) is 14.3. The molecule has 3 heterocycles. The van der Waals surface area contributed by atoms with Crippen LogP contribution in [-0.2, 0) is 6.54 Å². The molecule has 1 N–H and O–H groups in total. The third-order valence-corrected chi connectivity index (χ3v) is 4.88. The number of pyridine rings is 1. The molecule has 1 aliphatic carbocycles. The predicted molar refractivity (Wildman–Crippen MR) is 86.5 cm³/mol. The largest absolute Gasteiger partial charge is 0.347 e. The van der Waals surface area contributed by atoms with Crippen molar-refractivity contribution in [2.24, 2.45) is 0 Å². The van der Waals surface area contributed by atoms with Crippen molar-refractivity contribution in [1.29, 1.82) is 0 Å². The monoisotopic (exact) mass is 328 g/mol. The molecule has 0 bridgehead atoms. The van der Waals surface area contributed by atoms with E-state index in [1.807, 2.05) is 19.9 Å². The number of aryl methyl sites for hydroxylation is 2. The van der Waals surface area contributed by atoms with Gasteiger partial charge in [0, 0.05) is 22.7 Å². The fourth-order valence-corrected chi connectivity index (χ4v) is 3.37. The van der Waals surface area contributed by atoms with Crippen LogP contribution in [-0.4, -0.2) is 21.0 Å². The van der Waals surface area contributed by atoms with Gasteiger partial charge in [-0.2, -0.15) is 0 Å². The first-order valence-corrected chi connectivity index (χ1v) is 8.40. The summed E-state index contributed by atoms with van der Waals surface area (Å²) in [5.41, 5.74) is 2.66. The van der Waals surface area contributed by atoms with E-state index in [1.54, 1.807) is 17.5 Å². The van der Waals surface area contributed by atoms with Crippen LogP contribution in [0.2, 0.25) is 0 Å². The summed E-state index contributed by atoms with van der Waals surface area (Å²) in [6.45, 7) is 4.25. The van der Waals surface area contributed by atoms with Crippen LogP contribution in [0.5, 0.6) is 0 Å². The maximum atomic E-state index is 12.7. The van der Waals surface area contributed by atoms with Crippen molar-refractivity contribution in [2.75, 3.05) is 0 Å². The first kappa shape index (κ1) is 14.3. The second kappa shape index (κ2) is 5.42. The van der Waals surface area contributed by atoms with Gasteiger partial charge < -0.3 is 9.84 Å². The highest BCUT2D eigenvalue weighted by Gasteiger charge is 2.28. The third-order valence-electron chi connectivity index (χ3n) is 3.97. The number of carbonyl (C=O) groups is 1. The number of hydrogen-bond donors (Lipinski definition) is 1. The Kier molecular flexibility index (Phi) is 3.37. The molecule has 1 aliphatic rings. The summed E-state index contributed by atoms with van der Waals surface area (Å²) in [6, 6.07) is 1.89. The molecule has 1 fully saturated rings. The number of nitrogens with one attached hydrogen (secondary N) is 1. The van der Waals surface area contributed by atoms with Crippen LogP contribution >= 0.6 is 11.3 Å². The summed E-state index contributed by atoms with van der Waals surface area (Å²) in [5, 5.41) is 8.61. The van der Waals surface area contributed by atoms with Crippen LogP contribution in [0.4, 0.5) is 0 Å². The molecule has 23 heavy (non-hydrogen) atoms. The summed E-state index contributed by atoms with van der Waals surface area (Å²) in [6.07, 6.45) is 4.03. The van der Waals surface area contributed by atoms with Gasteiger partial charge in [-0.3, -0.25) is 4.79 Å². The molecule has 0 spiro atoms. The van der Waals surface area contributed by atoms with Gasteiger partial charge in [-0.05, 0) is 32.8 Å². The average molecular weight is 328 g/mol. The Bertz CT molecular complexity index is 895. The third kappa shape index (κ3) is 2.72. The number of fused-ring (bicyclic) bond motifs is 1. The summed E-state index contributed by atoms with van der Waals surface area (Å²) in [7, 11) is 0. The lowest BCUT2D eigenvalue weighted by Gasteiger charge is -2.07. The van der Waals surface area contributed by atoms with E-state index in [-0.39, 0.29) is 5.91 Å². The zero-order valence-electron chi connectivity index (χ0n) is 12.9. The maximum absolute atomic E-state index is 12.7. The van der Waals surface area contributed by atoms with Crippen LogP contribution in [0, 0.1) is 13.8 Å². The first-order chi connectivity index (χ1) is 11.1. The molecular weight excluding hydrogens is 312 g/mol. The molecule has 4 rings (SSSR count). The molecule has 1 saturated carbocycles. The highest BCUT2D eigenvalue weighted by atomic mass is 32.1. The molecule has 1 amide bonds. The summed E-state index contributed by atoms with van der Waals surface area (Å²) in [5.74, 6) is 0.317. The van der Waals surface area contributed by atoms with E-state index in [9.17, 15) is 4.79 Å². The number of aromatic nitrogens is 3. The molecule has 6 nitrogen and oxygen atoms in total. The van der Waals surface area contributed by atoms with E-state index in [2.05, 4.69) is 20.4 Å². The fourth-order valence-electron chi connectivity index (χ4n) is 2.63. The van der Waals surface area contributed by atoms with E-state index in [4.69, 9.17) is 4.52 Å². The van der Waals surface area contributed by atoms with Gasteiger partial charge in [0.05, 0.1) is 28.2 Å². The van der Waals surface area contributed by atoms with Crippen molar-refractivity contribution in [2.45, 2.75) is 39.2 Å². The van der Waals surface area contributed by atoms with Gasteiger partial charge in [0.2, 0.25) is 0 Å². The van der Waals surface area contributed by atoms with Gasteiger partial charge in [0.15, 0.2) is 0 Å². The van der Waals surface area contributed by atoms with Gasteiger partial charge in [0.25, 0.3) is 11.6 Å². The van der Waals surface area contributed by atoms with Gasteiger partial charge >= 0.3 is 0 Å². The lowest BCUT2D eigenvalue weighted by atomic mass is 10.1. The molecule has 118 valence electrons. The Morgan fingerprint density at radius 3 is 2.96 bits per heavy atom. The molecule has 0 saturated heterocycles. The Labute approximate surface area is 136 Å². The molecule has 0 aliphatic heterocycles. The molecule has 3 aromatic heterocycles. The molecule has 3 aromatic rings. The number of hydrogen-bond acceptors (Lipinski definition) is 6. The number of thiazole rings is 1. The van der Waals surface area contributed by atoms with Crippen molar-refractivity contribution >= 4 is 28.3 Å². The molecule has 7 heteroatoms. The zero-order valence-corrected chi connectivity index (χ0v) is 13.7. The number of nitrogens with zero attached hydrogens (tertiary/aromatic N) is 3. The SMILES string of the molecule is Cc1ncc(CNC(=O)c2cc(C3CC3)nc3onc(C)c23)s1. The van der Waals surface area contributed by atoms with E-state index in [0.29, 0.717) is 34.8 Å². The summed E-state index contributed by atoms with van der Waals surface area (Å²) in [4.78, 5) is 22.4. The average Bonchev–Trinajstić information content (AvgIpc) is 3.22. The standard InChI is InChI=1S/C16H16N4O2S/c1-8-14-12(15(21)18-7-11-6-17-9(2)23-11)5-13(10-3-4-10)19-16(14)22-20-8/h5-6,10H,3-4,7H2,1-2H3,(H,18,21). The van der Waals surface area contributed by atoms with Crippen molar-refractivity contribution in [3.05, 3.63) is 39.1 Å². The minimum Gasteiger partial charge on any atom is -0.347 e. The Hall–Kier alpha value is -2.28. The molecule has 0 aromatic carbocycles. The highest BCUT2D eigenvalue weighted by molar-refractivity contribution is 7.11. The summed E-state index contributed by atoms with van der Waals surface area (Å²) < 4.78 is 5.28. The van der Waals surface area contributed by atoms with Crippen molar-refractivity contribution in [3.8, 4) is 0 Å². The second-order valence-electron chi connectivity index (χ2n) is 5.85. The molecular formula is C16H16N4O2S. The molecule has 0 radical (unpaired) electrons. The van der Waals surface area contributed by atoms with E-state index >= 15 is 0 Å². The van der Waals surface area contributed by atoms with Gasteiger partial charge in [-0.25, -0.2) is 9.97 Å². The van der Waals surface area contributed by atoms with E-state index in [1.165, 1.54) is 0 Å². The van der Waals surface area contributed by atoms with Gasteiger partial charge in [-0.15, -0.1) is 11.3 Å². The van der Waals surface area contributed by atoms with Crippen LogP contribution in [0.1, 0.15) is 50.4 Å². The van der Waals surface area contributed by atoms with Gasteiger partial charge in [0.1, 0.15) is 0 Å². The maximum Gasteiger partial charge on any atom is 0.259 e. The van der Waals surface area contributed by atoms with Crippen molar-refractivity contribution < 1.29 is 9.32 Å².